The quantitative estimate of drug-likeness (QED) is 0.442. The van der Waals surface area contributed by atoms with Crippen molar-refractivity contribution in [2.45, 2.75) is 26.3 Å². The Kier molecular flexibility index (Phi) is 5.15. The molecule has 5 heterocycles. The number of carbonyl (C=O) groups is 1. The van der Waals surface area contributed by atoms with E-state index in [9.17, 15) is 9.59 Å². The van der Waals surface area contributed by atoms with Gasteiger partial charge in [-0.1, -0.05) is 30.0 Å². The van der Waals surface area contributed by atoms with Crippen molar-refractivity contribution in [2.75, 3.05) is 18.0 Å². The number of thiocarbonyl (C=S) groups is 1. The fourth-order valence-corrected chi connectivity index (χ4v) is 5.16. The van der Waals surface area contributed by atoms with Crippen LogP contribution in [0.15, 0.2) is 50.8 Å². The van der Waals surface area contributed by atoms with Crippen molar-refractivity contribution in [2.24, 2.45) is 0 Å². The van der Waals surface area contributed by atoms with Crippen molar-refractivity contribution in [3.8, 4) is 0 Å². The average Bonchev–Trinajstić information content (AvgIpc) is 3.51. The Hall–Kier alpha value is -2.91. The Balaban J connectivity index is 1.61. The molecule has 31 heavy (non-hydrogen) atoms. The summed E-state index contributed by atoms with van der Waals surface area (Å²) >= 11 is 6.63. The molecule has 9 heteroatoms. The number of aromatic nitrogens is 2. The van der Waals surface area contributed by atoms with Gasteiger partial charge in [0.1, 0.15) is 21.5 Å². The lowest BCUT2D eigenvalue weighted by molar-refractivity contribution is -0.122. The first-order valence-corrected chi connectivity index (χ1v) is 11.3. The average molecular weight is 453 g/mol. The SMILES string of the molecule is Cc1cccn2c(=O)c(/C=C3/SC(=S)N(Cc4ccco4)C3=O)c(N3CCCC3)nc12. The first-order chi connectivity index (χ1) is 15.0. The van der Waals surface area contributed by atoms with E-state index in [1.807, 2.05) is 19.1 Å². The predicted octanol–water partition coefficient (Wildman–Crippen LogP) is 3.60. The van der Waals surface area contributed by atoms with Crippen molar-refractivity contribution in [3.63, 3.8) is 0 Å². The van der Waals surface area contributed by atoms with Crippen LogP contribution >= 0.6 is 24.0 Å². The number of hydrogen-bond donors (Lipinski definition) is 0. The Morgan fingerprint density at radius 2 is 2.03 bits per heavy atom. The van der Waals surface area contributed by atoms with Crippen LogP contribution in [-0.2, 0) is 11.3 Å². The Bertz CT molecular complexity index is 1270. The second-order valence-corrected chi connectivity index (χ2v) is 9.26. The molecule has 2 fully saturated rings. The molecule has 0 radical (unpaired) electrons. The molecule has 158 valence electrons. The Morgan fingerprint density at radius 1 is 1.23 bits per heavy atom. The molecular formula is C22H20N4O3S2. The molecule has 3 aromatic rings. The minimum atomic E-state index is -0.229. The van der Waals surface area contributed by atoms with E-state index in [4.69, 9.17) is 21.6 Å². The third kappa shape index (κ3) is 3.57. The highest BCUT2D eigenvalue weighted by atomic mass is 32.2. The molecule has 0 aliphatic carbocycles. The van der Waals surface area contributed by atoms with Gasteiger partial charge in [-0.15, -0.1) is 0 Å². The number of fused-ring (bicyclic) bond motifs is 1. The summed E-state index contributed by atoms with van der Waals surface area (Å²) < 4.78 is 7.35. The zero-order valence-electron chi connectivity index (χ0n) is 16.9. The second-order valence-electron chi connectivity index (χ2n) is 7.58. The van der Waals surface area contributed by atoms with E-state index in [2.05, 4.69) is 4.90 Å². The molecule has 1 amide bonds. The number of nitrogens with zero attached hydrogens (tertiary/aromatic N) is 4. The third-order valence-corrected chi connectivity index (χ3v) is 6.89. The number of hydrogen-bond acceptors (Lipinski definition) is 7. The van der Waals surface area contributed by atoms with Crippen LogP contribution in [-0.4, -0.2) is 37.6 Å². The fourth-order valence-electron chi connectivity index (χ4n) is 3.92. The lowest BCUT2D eigenvalue weighted by atomic mass is 10.2. The van der Waals surface area contributed by atoms with Gasteiger partial charge < -0.3 is 9.32 Å². The van der Waals surface area contributed by atoms with Crippen molar-refractivity contribution in [1.29, 1.82) is 0 Å². The fraction of sp³-hybridized carbons (Fsp3) is 0.273. The van der Waals surface area contributed by atoms with Gasteiger partial charge in [-0.2, -0.15) is 0 Å². The molecule has 7 nitrogen and oxygen atoms in total. The third-order valence-electron chi connectivity index (χ3n) is 5.51. The summed E-state index contributed by atoms with van der Waals surface area (Å²) in [5.41, 5.74) is 1.80. The van der Waals surface area contributed by atoms with E-state index >= 15 is 0 Å². The minimum Gasteiger partial charge on any atom is -0.467 e. The van der Waals surface area contributed by atoms with Gasteiger partial charge in [-0.05, 0) is 49.6 Å². The van der Waals surface area contributed by atoms with Crippen molar-refractivity contribution in [3.05, 3.63) is 68.9 Å². The van der Waals surface area contributed by atoms with Crippen LogP contribution in [0.1, 0.15) is 29.7 Å². The van der Waals surface area contributed by atoms with Gasteiger partial charge >= 0.3 is 0 Å². The molecule has 2 saturated heterocycles. The largest absolute Gasteiger partial charge is 0.467 e. The monoisotopic (exact) mass is 452 g/mol. The van der Waals surface area contributed by atoms with E-state index in [0.29, 0.717) is 32.0 Å². The maximum absolute atomic E-state index is 13.4. The number of furan rings is 1. The first-order valence-electron chi connectivity index (χ1n) is 10.1. The zero-order valence-corrected chi connectivity index (χ0v) is 18.5. The van der Waals surface area contributed by atoms with Gasteiger partial charge in [0.15, 0.2) is 0 Å². The van der Waals surface area contributed by atoms with Gasteiger partial charge in [0.25, 0.3) is 11.5 Å². The van der Waals surface area contributed by atoms with Gasteiger partial charge in [0, 0.05) is 19.3 Å². The molecule has 2 aliphatic heterocycles. The summed E-state index contributed by atoms with van der Waals surface area (Å²) in [6, 6.07) is 7.34. The van der Waals surface area contributed by atoms with Gasteiger partial charge in [0.2, 0.25) is 0 Å². The topological polar surface area (TPSA) is 71.1 Å². The molecule has 0 unspecified atom stereocenters. The summed E-state index contributed by atoms with van der Waals surface area (Å²) in [7, 11) is 0. The van der Waals surface area contributed by atoms with Crippen LogP contribution in [0.4, 0.5) is 5.82 Å². The summed E-state index contributed by atoms with van der Waals surface area (Å²) in [5, 5.41) is 0. The normalized spacial score (nSPS) is 18.2. The van der Waals surface area contributed by atoms with E-state index in [1.54, 1.807) is 35.1 Å². The van der Waals surface area contributed by atoms with E-state index < -0.39 is 0 Å². The van der Waals surface area contributed by atoms with Crippen LogP contribution in [0.25, 0.3) is 11.7 Å². The standard InChI is InChI=1S/C22H20N4O3S2/c1-14-6-4-10-25-18(14)23-19(24-8-2-3-9-24)16(20(25)27)12-17-21(28)26(22(30)31-17)13-15-7-5-11-29-15/h4-7,10-12H,2-3,8-9,13H2,1H3/b17-12+. The van der Waals surface area contributed by atoms with Crippen LogP contribution in [0.5, 0.6) is 0 Å². The maximum atomic E-state index is 13.4. The number of rotatable bonds is 4. The minimum absolute atomic E-state index is 0.188. The number of thioether (sulfide) groups is 1. The smallest absolute Gasteiger partial charge is 0.267 e. The number of amides is 1. The number of anilines is 1. The predicted molar refractivity (Wildman–Crippen MR) is 125 cm³/mol. The first kappa shape index (κ1) is 20.0. The maximum Gasteiger partial charge on any atom is 0.267 e. The molecule has 3 aromatic heterocycles. The highest BCUT2D eigenvalue weighted by Gasteiger charge is 2.33. The van der Waals surface area contributed by atoms with E-state index in [1.165, 1.54) is 16.7 Å². The van der Waals surface area contributed by atoms with Crippen LogP contribution in [0.2, 0.25) is 0 Å². The Labute approximate surface area is 188 Å². The van der Waals surface area contributed by atoms with Crippen LogP contribution in [0.3, 0.4) is 0 Å². The lowest BCUT2D eigenvalue weighted by Crippen LogP contribution is -2.28. The van der Waals surface area contributed by atoms with Crippen molar-refractivity contribution in [1.82, 2.24) is 14.3 Å². The molecule has 0 spiro atoms. The molecule has 0 saturated carbocycles. The Morgan fingerprint density at radius 3 is 2.77 bits per heavy atom. The summed E-state index contributed by atoms with van der Waals surface area (Å²) in [6.45, 7) is 3.89. The molecule has 0 N–H and O–H groups in total. The zero-order chi connectivity index (χ0) is 21.5. The molecular weight excluding hydrogens is 432 g/mol. The highest BCUT2D eigenvalue weighted by Crippen LogP contribution is 2.35. The molecule has 2 aliphatic rings. The molecule has 0 atom stereocenters. The number of aryl methyl sites for hydroxylation is 1. The number of pyridine rings is 1. The molecule has 5 rings (SSSR count). The summed E-state index contributed by atoms with van der Waals surface area (Å²) in [6.07, 6.45) is 7.04. The lowest BCUT2D eigenvalue weighted by Gasteiger charge is -2.20. The number of carbonyl (C=O) groups excluding carboxylic acids is 1. The van der Waals surface area contributed by atoms with Gasteiger partial charge in [-0.25, -0.2) is 4.98 Å². The van der Waals surface area contributed by atoms with Crippen LogP contribution < -0.4 is 10.5 Å². The van der Waals surface area contributed by atoms with Gasteiger partial charge in [-0.3, -0.25) is 18.9 Å². The van der Waals surface area contributed by atoms with Gasteiger partial charge in [0.05, 0.1) is 23.3 Å². The summed E-state index contributed by atoms with van der Waals surface area (Å²) in [4.78, 5) is 35.4. The second kappa shape index (κ2) is 7.97. The molecule has 0 aromatic carbocycles. The van der Waals surface area contributed by atoms with Crippen molar-refractivity contribution >= 4 is 51.7 Å². The van der Waals surface area contributed by atoms with E-state index in [-0.39, 0.29) is 18.0 Å². The molecule has 0 bridgehead atoms. The van der Waals surface area contributed by atoms with Crippen LogP contribution in [0, 0.1) is 6.92 Å². The van der Waals surface area contributed by atoms with E-state index in [0.717, 1.165) is 31.5 Å². The highest BCUT2D eigenvalue weighted by molar-refractivity contribution is 8.26. The summed E-state index contributed by atoms with van der Waals surface area (Å²) in [5.74, 6) is 1.05. The van der Waals surface area contributed by atoms with Crippen molar-refractivity contribution < 1.29 is 9.21 Å².